The van der Waals surface area contributed by atoms with Crippen LogP contribution >= 0.6 is 0 Å². The number of Topliss-reactive ketones (excluding diaryl/α,β-unsaturated/α-hetero) is 1. The molecule has 76 valence electrons. The lowest BCUT2D eigenvalue weighted by Gasteiger charge is -2.10. The largest absolute Gasteiger partial charge is 0.396 e. The summed E-state index contributed by atoms with van der Waals surface area (Å²) < 4.78 is 0. The van der Waals surface area contributed by atoms with Crippen molar-refractivity contribution in [2.45, 2.75) is 19.4 Å². The van der Waals surface area contributed by atoms with Crippen molar-refractivity contribution in [1.82, 2.24) is 0 Å². The van der Waals surface area contributed by atoms with E-state index in [9.17, 15) is 4.79 Å². The van der Waals surface area contributed by atoms with Crippen LogP contribution in [0.1, 0.15) is 35.3 Å². The summed E-state index contributed by atoms with van der Waals surface area (Å²) in [4.78, 5) is 11.1. The van der Waals surface area contributed by atoms with Gasteiger partial charge in [-0.05, 0) is 25.0 Å². The Balaban J connectivity index is 2.87. The molecular formula is C11H15NO2. The zero-order valence-corrected chi connectivity index (χ0v) is 8.23. The van der Waals surface area contributed by atoms with E-state index in [1.54, 1.807) is 12.1 Å². The van der Waals surface area contributed by atoms with Gasteiger partial charge < -0.3 is 10.8 Å². The van der Waals surface area contributed by atoms with Crippen LogP contribution in [0, 0.1) is 0 Å². The van der Waals surface area contributed by atoms with Crippen molar-refractivity contribution in [2.75, 3.05) is 6.61 Å². The quantitative estimate of drug-likeness (QED) is 0.708. The number of hydrogen-bond donors (Lipinski definition) is 2. The molecule has 0 heterocycles. The Morgan fingerprint density at radius 3 is 2.86 bits per heavy atom. The smallest absolute Gasteiger partial charge is 0.159 e. The van der Waals surface area contributed by atoms with E-state index in [0.29, 0.717) is 12.0 Å². The summed E-state index contributed by atoms with van der Waals surface area (Å²) in [5.74, 6) is 0.0306. The molecular weight excluding hydrogens is 178 g/mol. The molecule has 0 spiro atoms. The number of rotatable bonds is 4. The molecule has 1 rings (SSSR count). The highest BCUT2D eigenvalue weighted by Crippen LogP contribution is 2.15. The molecule has 1 aromatic rings. The van der Waals surface area contributed by atoms with Crippen molar-refractivity contribution in [3.63, 3.8) is 0 Å². The van der Waals surface area contributed by atoms with E-state index in [1.807, 2.05) is 12.1 Å². The van der Waals surface area contributed by atoms with Crippen LogP contribution in [0.15, 0.2) is 24.3 Å². The molecule has 14 heavy (non-hydrogen) atoms. The molecule has 0 saturated carbocycles. The third kappa shape index (κ3) is 2.65. The van der Waals surface area contributed by atoms with Gasteiger partial charge in [-0.3, -0.25) is 4.79 Å². The van der Waals surface area contributed by atoms with Gasteiger partial charge in [-0.15, -0.1) is 0 Å². The Morgan fingerprint density at radius 2 is 2.29 bits per heavy atom. The van der Waals surface area contributed by atoms with E-state index in [4.69, 9.17) is 10.8 Å². The van der Waals surface area contributed by atoms with Gasteiger partial charge in [0.2, 0.25) is 0 Å². The normalized spacial score (nSPS) is 12.5. The number of hydrogen-bond acceptors (Lipinski definition) is 3. The van der Waals surface area contributed by atoms with E-state index in [0.717, 1.165) is 5.56 Å². The van der Waals surface area contributed by atoms with Crippen molar-refractivity contribution in [3.05, 3.63) is 35.4 Å². The van der Waals surface area contributed by atoms with Crippen molar-refractivity contribution in [1.29, 1.82) is 0 Å². The highest BCUT2D eigenvalue weighted by atomic mass is 16.3. The van der Waals surface area contributed by atoms with E-state index in [2.05, 4.69) is 0 Å². The molecule has 0 saturated heterocycles. The average molecular weight is 193 g/mol. The first-order chi connectivity index (χ1) is 6.65. The molecule has 0 aliphatic rings. The summed E-state index contributed by atoms with van der Waals surface area (Å²) in [5.41, 5.74) is 7.36. The lowest BCUT2D eigenvalue weighted by atomic mass is 10.0. The van der Waals surface area contributed by atoms with Gasteiger partial charge in [0.15, 0.2) is 5.78 Å². The average Bonchev–Trinajstić information content (AvgIpc) is 2.18. The second kappa shape index (κ2) is 4.88. The molecule has 1 aromatic carbocycles. The van der Waals surface area contributed by atoms with Crippen LogP contribution in [0.3, 0.4) is 0 Å². The number of benzene rings is 1. The van der Waals surface area contributed by atoms with Crippen molar-refractivity contribution in [3.8, 4) is 0 Å². The first-order valence-electron chi connectivity index (χ1n) is 4.62. The van der Waals surface area contributed by atoms with Gasteiger partial charge in [-0.25, -0.2) is 0 Å². The molecule has 0 aliphatic heterocycles. The van der Waals surface area contributed by atoms with Crippen LogP contribution in [0.25, 0.3) is 0 Å². The van der Waals surface area contributed by atoms with Crippen molar-refractivity contribution >= 4 is 5.78 Å². The maximum absolute atomic E-state index is 11.1. The number of aliphatic hydroxyl groups excluding tert-OH is 1. The Hall–Kier alpha value is -1.19. The number of carbonyl (C=O) groups excluding carboxylic acids is 1. The van der Waals surface area contributed by atoms with Crippen LogP contribution in [0.5, 0.6) is 0 Å². The Labute approximate surface area is 83.6 Å². The third-order valence-corrected chi connectivity index (χ3v) is 2.16. The highest BCUT2D eigenvalue weighted by molar-refractivity contribution is 5.94. The number of aliphatic hydroxyl groups is 1. The van der Waals surface area contributed by atoms with Crippen molar-refractivity contribution < 1.29 is 9.90 Å². The van der Waals surface area contributed by atoms with E-state index < -0.39 is 0 Å². The van der Waals surface area contributed by atoms with Gasteiger partial charge in [0.25, 0.3) is 0 Å². The topological polar surface area (TPSA) is 63.3 Å². The Kier molecular flexibility index (Phi) is 3.80. The summed E-state index contributed by atoms with van der Waals surface area (Å²) in [7, 11) is 0. The Bertz CT molecular complexity index is 323. The molecule has 3 heteroatoms. The second-order valence-corrected chi connectivity index (χ2v) is 3.30. The molecule has 0 fully saturated rings. The number of carbonyl (C=O) groups is 1. The summed E-state index contributed by atoms with van der Waals surface area (Å²) in [6.07, 6.45) is 0.515. The number of nitrogens with two attached hydrogens (primary N) is 1. The molecule has 0 aromatic heterocycles. The fourth-order valence-electron chi connectivity index (χ4n) is 1.29. The predicted molar refractivity (Wildman–Crippen MR) is 55.1 cm³/mol. The van der Waals surface area contributed by atoms with E-state index in [-0.39, 0.29) is 18.4 Å². The molecule has 3 N–H and O–H groups in total. The first-order valence-corrected chi connectivity index (χ1v) is 4.62. The van der Waals surface area contributed by atoms with Gasteiger partial charge in [0, 0.05) is 18.2 Å². The molecule has 3 nitrogen and oxygen atoms in total. The van der Waals surface area contributed by atoms with E-state index in [1.165, 1.54) is 6.92 Å². The van der Waals surface area contributed by atoms with Gasteiger partial charge >= 0.3 is 0 Å². The van der Waals surface area contributed by atoms with Gasteiger partial charge in [-0.1, -0.05) is 18.2 Å². The fraction of sp³-hybridized carbons (Fsp3) is 0.364. The minimum Gasteiger partial charge on any atom is -0.396 e. The fourth-order valence-corrected chi connectivity index (χ4v) is 1.29. The van der Waals surface area contributed by atoms with Crippen LogP contribution in [0.2, 0.25) is 0 Å². The molecule has 0 amide bonds. The van der Waals surface area contributed by atoms with Gasteiger partial charge in [0.1, 0.15) is 0 Å². The van der Waals surface area contributed by atoms with Crippen LogP contribution < -0.4 is 5.73 Å². The van der Waals surface area contributed by atoms with Crippen LogP contribution in [0.4, 0.5) is 0 Å². The van der Waals surface area contributed by atoms with E-state index >= 15 is 0 Å². The minimum absolute atomic E-state index is 0.0306. The predicted octanol–water partition coefficient (Wildman–Crippen LogP) is 1.27. The maximum Gasteiger partial charge on any atom is 0.159 e. The lowest BCUT2D eigenvalue weighted by molar-refractivity contribution is 0.101. The standard InChI is InChI=1S/C11H15NO2/c1-8(14)9-3-2-4-10(7-9)11(12)5-6-13/h2-4,7,11,13H,5-6,12H2,1H3/t11-/m1/s1. The van der Waals surface area contributed by atoms with Crippen molar-refractivity contribution in [2.24, 2.45) is 5.73 Å². The Morgan fingerprint density at radius 1 is 1.57 bits per heavy atom. The maximum atomic E-state index is 11.1. The zero-order chi connectivity index (χ0) is 10.6. The third-order valence-electron chi connectivity index (χ3n) is 2.16. The summed E-state index contributed by atoms with van der Waals surface area (Å²) >= 11 is 0. The summed E-state index contributed by atoms with van der Waals surface area (Å²) in [6.45, 7) is 1.59. The van der Waals surface area contributed by atoms with Crippen LogP contribution in [-0.4, -0.2) is 17.5 Å². The SMILES string of the molecule is CC(=O)c1cccc([C@H](N)CCO)c1. The summed E-state index contributed by atoms with van der Waals surface area (Å²) in [5, 5.41) is 8.73. The van der Waals surface area contributed by atoms with Gasteiger partial charge in [-0.2, -0.15) is 0 Å². The molecule has 0 aliphatic carbocycles. The first kappa shape index (κ1) is 10.9. The lowest BCUT2D eigenvalue weighted by Crippen LogP contribution is -2.12. The minimum atomic E-state index is -0.195. The number of ketones is 1. The summed E-state index contributed by atoms with van der Waals surface area (Å²) in [6, 6.07) is 7.02. The second-order valence-electron chi connectivity index (χ2n) is 3.30. The van der Waals surface area contributed by atoms with Gasteiger partial charge in [0.05, 0.1) is 0 Å². The highest BCUT2D eigenvalue weighted by Gasteiger charge is 2.07. The zero-order valence-electron chi connectivity index (χ0n) is 8.23. The molecule has 0 radical (unpaired) electrons. The molecule has 0 bridgehead atoms. The van der Waals surface area contributed by atoms with Crippen LogP contribution in [-0.2, 0) is 0 Å². The monoisotopic (exact) mass is 193 g/mol. The molecule has 1 atom stereocenters. The molecule has 0 unspecified atom stereocenters.